The number of fused-ring (bicyclic) bond motifs is 1. The zero-order valence-corrected chi connectivity index (χ0v) is 18.6. The molecule has 1 saturated heterocycles. The number of halogens is 2. The maximum atomic E-state index is 11.9. The van der Waals surface area contributed by atoms with Crippen LogP contribution in [0.15, 0.2) is 30.6 Å². The van der Waals surface area contributed by atoms with Gasteiger partial charge >= 0.3 is 0 Å². The van der Waals surface area contributed by atoms with Crippen LogP contribution in [0, 0.1) is 3.57 Å². The van der Waals surface area contributed by atoms with Crippen LogP contribution in [0.2, 0.25) is 5.28 Å². The normalized spacial score (nSPS) is 23.6. The first kappa shape index (κ1) is 21.2. The second kappa shape index (κ2) is 8.59. The van der Waals surface area contributed by atoms with Gasteiger partial charge in [0.2, 0.25) is 5.28 Å². The molecule has 1 aliphatic rings. The van der Waals surface area contributed by atoms with Crippen LogP contribution >= 0.6 is 34.2 Å². The number of anilines is 1. The predicted octanol–water partition coefficient (Wildman–Crippen LogP) is 1.06. The number of carbonyl (C=O) groups excluding carboxylic acids is 1. The molecule has 1 amide bonds. The highest BCUT2D eigenvalue weighted by Crippen LogP contribution is 2.33. The molecule has 0 saturated carbocycles. The van der Waals surface area contributed by atoms with E-state index in [0.717, 1.165) is 9.13 Å². The van der Waals surface area contributed by atoms with Crippen molar-refractivity contribution in [1.29, 1.82) is 0 Å². The Kier molecular flexibility index (Phi) is 6.06. The van der Waals surface area contributed by atoms with E-state index < -0.39 is 30.4 Å². The first-order valence-corrected chi connectivity index (χ1v) is 10.5. The molecule has 158 valence electrons. The summed E-state index contributed by atoms with van der Waals surface area (Å²) in [5, 5.41) is 26.2. The molecule has 1 aromatic carbocycles. The number of rotatable bonds is 5. The predicted molar refractivity (Wildman–Crippen MR) is 117 cm³/mol. The molecular weight excluding hydrogens is 527 g/mol. The molecule has 1 fully saturated rings. The van der Waals surface area contributed by atoms with Gasteiger partial charge in [-0.1, -0.05) is 12.1 Å². The molecule has 4 atom stereocenters. The van der Waals surface area contributed by atoms with E-state index in [4.69, 9.17) is 16.3 Å². The molecule has 4 N–H and O–H groups in total. The highest BCUT2D eigenvalue weighted by Gasteiger charge is 2.47. The van der Waals surface area contributed by atoms with Crippen LogP contribution in [0.1, 0.15) is 11.8 Å². The van der Waals surface area contributed by atoms with Gasteiger partial charge in [0.25, 0.3) is 5.91 Å². The number of nitrogens with one attached hydrogen (secondary N) is 2. The lowest BCUT2D eigenvalue weighted by atomic mass is 10.1. The number of aliphatic hydroxyl groups is 2. The Hall–Kier alpha value is -2.06. The molecule has 0 unspecified atom stereocenters. The number of carbonyl (C=O) groups is 1. The number of ether oxygens (including phenoxy) is 1. The van der Waals surface area contributed by atoms with Crippen LogP contribution in [0.4, 0.5) is 5.82 Å². The van der Waals surface area contributed by atoms with Gasteiger partial charge in [0.05, 0.1) is 6.33 Å². The van der Waals surface area contributed by atoms with Crippen LogP contribution in [0.25, 0.3) is 11.2 Å². The quantitative estimate of drug-likeness (QED) is 0.277. The maximum absolute atomic E-state index is 11.9. The Balaban J connectivity index is 1.64. The van der Waals surface area contributed by atoms with Crippen molar-refractivity contribution in [2.24, 2.45) is 0 Å². The minimum atomic E-state index is -1.40. The van der Waals surface area contributed by atoms with Crippen molar-refractivity contribution in [2.75, 3.05) is 12.4 Å². The van der Waals surface area contributed by atoms with E-state index in [1.54, 1.807) is 0 Å². The molecule has 1 aliphatic heterocycles. The van der Waals surface area contributed by atoms with Gasteiger partial charge in [0.15, 0.2) is 29.3 Å². The topological polar surface area (TPSA) is 134 Å². The number of benzene rings is 1. The number of likely N-dealkylation sites (N-methyl/N-ethyl adjacent to an activating group) is 1. The fraction of sp³-hybridized carbons (Fsp3) is 0.333. The molecule has 3 aromatic rings. The first-order valence-electron chi connectivity index (χ1n) is 9.00. The summed E-state index contributed by atoms with van der Waals surface area (Å²) < 4.78 is 8.14. The van der Waals surface area contributed by atoms with Crippen LogP contribution in [-0.2, 0) is 16.1 Å². The van der Waals surface area contributed by atoms with Gasteiger partial charge in [-0.05, 0) is 51.9 Å². The van der Waals surface area contributed by atoms with Gasteiger partial charge in [-0.15, -0.1) is 0 Å². The Morgan fingerprint density at radius 3 is 2.87 bits per heavy atom. The van der Waals surface area contributed by atoms with E-state index in [0.29, 0.717) is 23.5 Å². The fourth-order valence-corrected chi connectivity index (χ4v) is 4.05. The summed E-state index contributed by atoms with van der Waals surface area (Å²) in [7, 11) is 1.42. The Labute approximate surface area is 189 Å². The molecule has 0 aliphatic carbocycles. The van der Waals surface area contributed by atoms with E-state index in [1.165, 1.54) is 17.9 Å². The SMILES string of the molecule is CNC(=O)[C@@H]1O[C@H](n2cnc3c(NCc4cccc(I)c4)nc(Cl)nc32)[C@@H](O)[C@H]1O. The van der Waals surface area contributed by atoms with Crippen LogP contribution < -0.4 is 10.6 Å². The molecule has 12 heteroatoms. The van der Waals surface area contributed by atoms with E-state index in [-0.39, 0.29) is 5.28 Å². The van der Waals surface area contributed by atoms with Crippen molar-refractivity contribution in [3.63, 3.8) is 0 Å². The minimum Gasteiger partial charge on any atom is -0.387 e. The smallest absolute Gasteiger partial charge is 0.251 e. The molecule has 4 rings (SSSR count). The fourth-order valence-electron chi connectivity index (χ4n) is 3.28. The molecule has 10 nitrogen and oxygen atoms in total. The molecule has 2 aromatic heterocycles. The Morgan fingerprint density at radius 1 is 1.33 bits per heavy atom. The van der Waals surface area contributed by atoms with Gasteiger partial charge in [0.1, 0.15) is 12.2 Å². The monoisotopic (exact) mass is 544 g/mol. The molecular formula is C18H18ClIN6O4. The third-order valence-corrected chi connectivity index (χ3v) is 5.60. The lowest BCUT2D eigenvalue weighted by Crippen LogP contribution is -2.41. The number of imidazole rings is 1. The molecule has 0 spiro atoms. The first-order chi connectivity index (χ1) is 14.4. The highest BCUT2D eigenvalue weighted by molar-refractivity contribution is 14.1. The van der Waals surface area contributed by atoms with Crippen molar-refractivity contribution in [3.05, 3.63) is 45.0 Å². The van der Waals surface area contributed by atoms with Crippen molar-refractivity contribution >= 4 is 57.1 Å². The summed E-state index contributed by atoms with van der Waals surface area (Å²) in [6.07, 6.45) is -3.65. The van der Waals surface area contributed by atoms with Crippen LogP contribution in [0.3, 0.4) is 0 Å². The van der Waals surface area contributed by atoms with Crippen molar-refractivity contribution < 1.29 is 19.7 Å². The summed E-state index contributed by atoms with van der Waals surface area (Å²) in [5.74, 6) is -0.125. The maximum Gasteiger partial charge on any atom is 0.251 e. The van der Waals surface area contributed by atoms with Gasteiger partial charge < -0.3 is 25.6 Å². The summed E-state index contributed by atoms with van der Waals surface area (Å²) in [5.41, 5.74) is 1.77. The number of aliphatic hydroxyl groups excluding tert-OH is 2. The zero-order chi connectivity index (χ0) is 21.4. The summed E-state index contributed by atoms with van der Waals surface area (Å²) in [6.45, 7) is 0.492. The van der Waals surface area contributed by atoms with Crippen molar-refractivity contribution in [2.45, 2.75) is 31.1 Å². The van der Waals surface area contributed by atoms with E-state index in [9.17, 15) is 15.0 Å². The number of nitrogens with zero attached hydrogens (tertiary/aromatic N) is 4. The van der Waals surface area contributed by atoms with Crippen molar-refractivity contribution in [3.8, 4) is 0 Å². The number of hydrogen-bond acceptors (Lipinski definition) is 8. The largest absolute Gasteiger partial charge is 0.387 e. The number of hydrogen-bond donors (Lipinski definition) is 4. The van der Waals surface area contributed by atoms with Crippen molar-refractivity contribution in [1.82, 2.24) is 24.8 Å². The second-order valence-corrected chi connectivity index (χ2v) is 8.28. The number of amides is 1. The summed E-state index contributed by atoms with van der Waals surface area (Å²) in [6, 6.07) is 7.98. The average molecular weight is 545 g/mol. The lowest BCUT2D eigenvalue weighted by Gasteiger charge is -2.16. The standard InChI is InChI=1S/C18H18ClIN6O4/c1-21-16(29)13-11(27)12(28)17(30-13)26-7-23-10-14(24-18(19)25-15(10)26)22-6-8-3-2-4-9(20)5-8/h2-5,7,11-13,17,27-28H,6H2,1H3,(H,21,29)(H,22,24,25)/t11-,12+,13-,17+/m1/s1. The third kappa shape index (κ3) is 3.95. The summed E-state index contributed by atoms with van der Waals surface area (Å²) >= 11 is 8.35. The van der Waals surface area contributed by atoms with Gasteiger partial charge in [-0.25, -0.2) is 4.98 Å². The van der Waals surface area contributed by atoms with E-state index in [2.05, 4.69) is 48.2 Å². The highest BCUT2D eigenvalue weighted by atomic mass is 127. The van der Waals surface area contributed by atoms with Gasteiger partial charge in [0, 0.05) is 17.2 Å². The average Bonchev–Trinajstić information content (AvgIpc) is 3.27. The zero-order valence-electron chi connectivity index (χ0n) is 15.7. The molecule has 30 heavy (non-hydrogen) atoms. The Bertz CT molecular complexity index is 1100. The minimum absolute atomic E-state index is 0.0229. The third-order valence-electron chi connectivity index (χ3n) is 4.76. The van der Waals surface area contributed by atoms with E-state index in [1.807, 2.05) is 24.3 Å². The van der Waals surface area contributed by atoms with Gasteiger partial charge in [-0.2, -0.15) is 9.97 Å². The molecule has 0 bridgehead atoms. The van der Waals surface area contributed by atoms with Crippen LogP contribution in [0.5, 0.6) is 0 Å². The van der Waals surface area contributed by atoms with Gasteiger partial charge in [-0.3, -0.25) is 9.36 Å². The lowest BCUT2D eigenvalue weighted by molar-refractivity contribution is -0.137. The molecule has 0 radical (unpaired) electrons. The number of aromatic nitrogens is 4. The molecule has 3 heterocycles. The van der Waals surface area contributed by atoms with Crippen LogP contribution in [-0.4, -0.2) is 61.0 Å². The second-order valence-electron chi connectivity index (χ2n) is 6.69. The summed E-state index contributed by atoms with van der Waals surface area (Å²) in [4.78, 5) is 24.7. The Morgan fingerprint density at radius 2 is 2.13 bits per heavy atom. The van der Waals surface area contributed by atoms with E-state index >= 15 is 0 Å².